The molecule has 36 nitrogen and oxygen atoms in total. The first-order valence-corrected chi connectivity index (χ1v) is 40.1. The number of ether oxygens (including phenoxy) is 7. The van der Waals surface area contributed by atoms with Crippen LogP contribution in [0.25, 0.3) is 39.0 Å². The quantitative estimate of drug-likeness (QED) is 0.00632. The van der Waals surface area contributed by atoms with Crippen LogP contribution in [0.3, 0.4) is 0 Å². The van der Waals surface area contributed by atoms with Crippen LogP contribution in [-0.4, -0.2) is 175 Å². The molecule has 5 heterocycles. The molecule has 0 atom stereocenters. The Morgan fingerprint density at radius 1 is 0.560 bits per heavy atom. The van der Waals surface area contributed by atoms with Crippen molar-refractivity contribution in [1.82, 2.24) is 0 Å². The summed E-state index contributed by atoms with van der Waals surface area (Å²) in [7, 11) is -5.28. The molecule has 0 aliphatic rings. The zero-order valence-electron chi connectivity index (χ0n) is 74.3. The average Bonchev–Trinajstić information content (AvgIpc) is 1.73. The summed E-state index contributed by atoms with van der Waals surface area (Å²) >= 11 is 27.7. The number of phenolic OH excluding ortho intramolecular Hbond substituents is 2. The number of carboxylic acid groups (broad SMARTS) is 2. The van der Waals surface area contributed by atoms with E-state index in [0.29, 0.717) is 51.7 Å². The molecule has 0 aliphatic carbocycles. The number of carboxylic acids is 2. The number of para-hydroxylation sites is 2. The van der Waals surface area contributed by atoms with Crippen molar-refractivity contribution in [2.45, 2.75) is 118 Å². The number of anilines is 1. The maximum absolute atomic E-state index is 12.3. The van der Waals surface area contributed by atoms with Gasteiger partial charge in [0.15, 0.2) is 43.9 Å². The number of aliphatic hydroxyl groups excluding tert-OH is 2. The number of phenols is 2. The third-order valence-corrected chi connectivity index (χ3v) is 16.9. The van der Waals surface area contributed by atoms with Crippen molar-refractivity contribution in [3.8, 4) is 23.0 Å². The summed E-state index contributed by atoms with van der Waals surface area (Å²) in [6, 6.07) is 32.2. The van der Waals surface area contributed by atoms with Crippen molar-refractivity contribution >= 4 is 197 Å². The number of carbonyl (C=O) groups is 11. The number of fused-ring (bicyclic) bond motifs is 3. The van der Waals surface area contributed by atoms with Gasteiger partial charge in [-0.25, -0.2) is 9.59 Å². The van der Waals surface area contributed by atoms with E-state index in [1.54, 1.807) is 64.1 Å². The summed E-state index contributed by atoms with van der Waals surface area (Å²) in [5.41, 5.74) is -9.31. The number of esters is 8. The number of hydrogen-bond acceptors (Lipinski definition) is 34. The van der Waals surface area contributed by atoms with Crippen molar-refractivity contribution < 1.29 is 292 Å². The predicted molar refractivity (Wildman–Crippen MR) is 459 cm³/mol. The van der Waals surface area contributed by atoms with E-state index in [1.807, 2.05) is 0 Å². The number of aldehydes is 1. The van der Waals surface area contributed by atoms with Gasteiger partial charge in [-0.3, -0.25) is 42.7 Å². The molecule has 0 bridgehead atoms. The molecule has 134 heavy (non-hydrogen) atoms. The molecule has 5 aromatic heterocycles. The number of nitrogens with zero attached hydrogens (tertiary/aromatic N) is 1. The van der Waals surface area contributed by atoms with Gasteiger partial charge in [-0.15, -0.1) is 5.60 Å². The Hall–Kier alpha value is -9.10. The van der Waals surface area contributed by atoms with E-state index in [-0.39, 0.29) is 236 Å². The number of rotatable bonds is 19. The number of benzene rings is 5. The van der Waals surface area contributed by atoms with E-state index in [1.165, 1.54) is 140 Å². The Morgan fingerprint density at radius 2 is 0.985 bits per heavy atom. The fourth-order valence-electron chi connectivity index (χ4n) is 8.26. The number of aliphatic carboxylic acids is 2. The third kappa shape index (κ3) is 54.6. The van der Waals surface area contributed by atoms with Gasteiger partial charge in [0.25, 0.3) is 0 Å². The molecule has 0 unspecified atom stereocenters. The second-order valence-electron chi connectivity index (χ2n) is 24.8. The molecule has 10 aromatic rings. The largest absolute Gasteiger partial charge is 1.00 e. The van der Waals surface area contributed by atoms with Crippen molar-refractivity contribution in [1.29, 1.82) is 0 Å². The van der Waals surface area contributed by atoms with Gasteiger partial charge in [-0.05, 0) is 168 Å². The van der Waals surface area contributed by atoms with Gasteiger partial charge >= 0.3 is 185 Å². The van der Waals surface area contributed by atoms with Crippen LogP contribution in [-0.2, 0) is 111 Å². The van der Waals surface area contributed by atoms with E-state index in [2.05, 4.69) is 32.3 Å². The number of alkyl halides is 6. The Kier molecular flexibility index (Phi) is 68.0. The average molecular weight is 2070 g/mol. The normalized spacial score (nSPS) is 10.3. The van der Waals surface area contributed by atoms with E-state index in [0.717, 1.165) is 26.1 Å². The Morgan fingerprint density at radius 3 is 1.35 bits per heavy atom. The Balaban J connectivity index is -0.000000272. The number of aromatic hydroxyl groups is 2. The molecular formula is C81H87BCl5F6KLiNNaO35S2. The fraction of sp³-hybridized carbons (Fsp3) is 0.296. The van der Waals surface area contributed by atoms with Gasteiger partial charge < -0.3 is 101 Å². The van der Waals surface area contributed by atoms with Crippen molar-refractivity contribution in [2.75, 3.05) is 46.4 Å². The Labute approximate surface area is 867 Å². The van der Waals surface area contributed by atoms with Crippen LogP contribution in [0.1, 0.15) is 127 Å². The van der Waals surface area contributed by atoms with Gasteiger partial charge in [0.1, 0.15) is 39.8 Å². The fourth-order valence-corrected chi connectivity index (χ4v) is 10.3. The number of methoxy groups -OCH3 is 4. The molecule has 5 N–H and O–H groups in total. The standard InChI is InChI=1S/C12H9ClO5.C10H6ClF3O5S.C10H9ClO5.C10H12O3.C9H7ClO3.C8H8F3NO2S.C6H10O4.C5H3ClO2.C4H6O3.C4H9O.C2H4O2.CH4.B.K.Li.Na.H/c1-6(14)17-9-3-7(12(15)16-2)4-10-8(9)5-11(13)18-10;11-9-3-6-7(18-9)1-5(4-15)2-8(6)19-20(16,17)10(12,13)14;1-15-10(14)6(5-9(12)13)4-7-2-3-8(11)16-7;1-2-13-10(12)7-8-5-3-4-6-9(8)11;10-9-3-6-7(12)1-5(4-11)2-8(6)13-9;1-12(7-5-3-2-4-6-7)15(13,14)8(9,10)11;1-9-5(7)3-4-6(8)10-2;6-5-2-1-4(3-7)8-5;1-3(5)7-4(2)6;1-4(2,3)5;1-2(3)4;;;;;;/h3-5H,1-2H3;1-3,15H,4H2;2-4H,5H2,1H3,(H,12,13);3-6,11H,2,7H2,1H3;1-3,11-12H,4H2;2-6H,1H3;3-4H2,1-2H3;1-3H;1-2H3;1-3H3;1H3,(H,3,4);1H4;;;;;/q;;;;;;;;;-1;;;;3*+1;-1/p-1/b;;6-4+;;;;;;;;;;;;;;. The van der Waals surface area contributed by atoms with Gasteiger partial charge in [0, 0.05) is 66.0 Å². The van der Waals surface area contributed by atoms with E-state index < -0.39 is 109 Å². The second-order valence-corrected chi connectivity index (χ2v) is 30.2. The van der Waals surface area contributed by atoms with Crippen molar-refractivity contribution in [3.63, 3.8) is 0 Å². The van der Waals surface area contributed by atoms with Gasteiger partial charge in [-0.1, -0.05) is 64.6 Å². The monoisotopic (exact) mass is 2070 g/mol. The molecular weight excluding hydrogens is 1980 g/mol. The molecule has 0 spiro atoms. The Bertz CT molecular complexity index is 5640. The van der Waals surface area contributed by atoms with Crippen LogP contribution < -0.4 is 123 Å². The topological polar surface area (TPSA) is 546 Å². The molecule has 0 aliphatic heterocycles. The molecule has 0 saturated heterocycles. The van der Waals surface area contributed by atoms with Crippen molar-refractivity contribution in [2.24, 2.45) is 0 Å². The smallest absolute Gasteiger partial charge is 1.00 e. The maximum Gasteiger partial charge on any atom is 1.00 e. The minimum atomic E-state index is -5.82. The number of halogens is 11. The number of hydrogen-bond donors (Lipinski definition) is 5. The summed E-state index contributed by atoms with van der Waals surface area (Å²) in [4.78, 5) is 114. The summed E-state index contributed by atoms with van der Waals surface area (Å²) in [6.07, 6.45) is 1.75. The van der Waals surface area contributed by atoms with E-state index in [9.17, 15) is 106 Å². The van der Waals surface area contributed by atoms with Crippen molar-refractivity contribution in [3.05, 3.63) is 199 Å². The van der Waals surface area contributed by atoms with Crippen LogP contribution in [0.2, 0.25) is 26.1 Å². The second kappa shape index (κ2) is 67.2. The van der Waals surface area contributed by atoms with E-state index in [4.69, 9.17) is 110 Å². The van der Waals surface area contributed by atoms with Crippen LogP contribution in [0.4, 0.5) is 32.0 Å². The van der Waals surface area contributed by atoms with Crippen LogP contribution in [0, 0.1) is 0 Å². The number of aliphatic hydroxyl groups is 2. The third-order valence-electron chi connectivity index (χ3n) is 13.5. The first-order chi connectivity index (χ1) is 59.8. The van der Waals surface area contributed by atoms with Crippen LogP contribution >= 0.6 is 58.0 Å². The van der Waals surface area contributed by atoms with Crippen LogP contribution in [0.15, 0.2) is 161 Å². The van der Waals surface area contributed by atoms with Gasteiger partial charge in [0.05, 0.1) is 107 Å². The summed E-state index contributed by atoms with van der Waals surface area (Å²) in [6.45, 7) is 10.9. The molecule has 0 fully saturated rings. The molecule has 10 rings (SSSR count). The molecule has 5 aromatic carbocycles. The molecule has 0 amide bonds. The zero-order valence-corrected chi connectivity index (χ0v) is 83.8. The van der Waals surface area contributed by atoms with E-state index >= 15 is 0 Å². The molecule has 3 radical (unpaired) electrons. The molecule has 721 valence electrons. The first kappa shape index (κ1) is 136. The molecule has 53 heteroatoms. The summed E-state index contributed by atoms with van der Waals surface area (Å²) in [5, 5.41) is 65.8. The SMILES string of the molecule is C.CC(=O)OC(C)=O.CC(=O)[O-].CC(C)(C)[O-].CCOC(=O)Cc1ccccc1O.CN(c1ccccc1)S(=O)(=O)C(F)(F)F.COC(=O)/C(=C/c1ccc(Cl)o1)CC(=O)O.COC(=O)CCC(=O)OC.COC(=O)c1cc(OC(C)=O)c2cc(Cl)oc2c1.O=Cc1ccc(Cl)o1.O=S(=O)(Oc1cc(CO)cc2oc(Cl)cc12)C(F)(F)F.OCc1cc(O)c2cc(Cl)oc2c1.[B].[H-].[K+].[Li+].[Na+]. The minimum Gasteiger partial charge on any atom is -1.00 e. The molecule has 0 saturated carbocycles. The first-order valence-electron chi connectivity index (χ1n) is 35.3. The number of carbonyl (C=O) groups excluding carboxylic acids is 10. The number of sulfonamides is 1. The minimum absolute atomic E-state index is 0. The summed E-state index contributed by atoms with van der Waals surface area (Å²) < 4.78 is 178. The maximum atomic E-state index is 12.3. The van der Waals surface area contributed by atoms with Gasteiger partial charge in [0.2, 0.25) is 0 Å². The zero-order chi connectivity index (χ0) is 99.2. The van der Waals surface area contributed by atoms with Gasteiger partial charge in [-0.2, -0.15) is 43.2 Å². The summed E-state index contributed by atoms with van der Waals surface area (Å²) in [5.74, 6) is -5.89. The predicted octanol–water partition coefficient (Wildman–Crippen LogP) is 5.56. The van der Waals surface area contributed by atoms with Crippen LogP contribution in [0.5, 0.6) is 23.0 Å². The number of furan rings is 5.